The molecule has 0 aromatic heterocycles. The fraction of sp³-hybridized carbons (Fsp3) is 0.208. The van der Waals surface area contributed by atoms with Crippen LogP contribution in [0.25, 0.3) is 0 Å². The predicted octanol–water partition coefficient (Wildman–Crippen LogP) is 4.29. The first-order valence-electron chi connectivity index (χ1n) is 10.1. The standard InChI is InChI=1S/C24H23N3O5/c1-31-22-9-8-17(11-23(22)32-15-16-4-2-7-21(10-16)27(29)30)18-12-24(28)26(14-18)20-6-3-5-19(25)13-20/h2-11,13,18H,12,14-15,25H2,1H3/t18-/m0/s1. The topological polar surface area (TPSA) is 108 Å². The lowest BCUT2D eigenvalue weighted by molar-refractivity contribution is -0.384. The summed E-state index contributed by atoms with van der Waals surface area (Å²) in [6.07, 6.45) is 0.380. The van der Waals surface area contributed by atoms with Crippen LogP contribution in [-0.4, -0.2) is 24.5 Å². The normalized spacial score (nSPS) is 15.6. The van der Waals surface area contributed by atoms with Crippen molar-refractivity contribution in [2.75, 3.05) is 24.3 Å². The number of benzene rings is 3. The molecule has 8 nitrogen and oxygen atoms in total. The number of carbonyl (C=O) groups is 1. The molecule has 4 rings (SSSR count). The van der Waals surface area contributed by atoms with Crippen LogP contribution in [0.15, 0.2) is 66.7 Å². The van der Waals surface area contributed by atoms with Gasteiger partial charge in [0.25, 0.3) is 5.69 Å². The summed E-state index contributed by atoms with van der Waals surface area (Å²) >= 11 is 0. The molecule has 2 N–H and O–H groups in total. The molecule has 3 aromatic carbocycles. The maximum Gasteiger partial charge on any atom is 0.269 e. The Labute approximate surface area is 185 Å². The van der Waals surface area contributed by atoms with Gasteiger partial charge in [-0.3, -0.25) is 14.9 Å². The minimum absolute atomic E-state index is 0.00463. The van der Waals surface area contributed by atoms with Crippen molar-refractivity contribution in [2.45, 2.75) is 18.9 Å². The Balaban J connectivity index is 1.52. The van der Waals surface area contributed by atoms with E-state index in [-0.39, 0.29) is 24.1 Å². The number of hydrogen-bond acceptors (Lipinski definition) is 6. The summed E-state index contributed by atoms with van der Waals surface area (Å²) in [6.45, 7) is 0.694. The summed E-state index contributed by atoms with van der Waals surface area (Å²) in [4.78, 5) is 25.0. The number of nitrogens with zero attached hydrogens (tertiary/aromatic N) is 2. The zero-order valence-corrected chi connectivity index (χ0v) is 17.6. The van der Waals surface area contributed by atoms with Gasteiger partial charge in [0.05, 0.1) is 12.0 Å². The van der Waals surface area contributed by atoms with Gasteiger partial charge in [-0.05, 0) is 41.5 Å². The summed E-state index contributed by atoms with van der Waals surface area (Å²) in [5.41, 5.74) is 8.91. The Bertz CT molecular complexity index is 1160. The number of hydrogen-bond donors (Lipinski definition) is 1. The maximum atomic E-state index is 12.6. The van der Waals surface area contributed by atoms with Crippen molar-refractivity contribution >= 4 is 23.0 Å². The lowest BCUT2D eigenvalue weighted by Gasteiger charge is -2.18. The van der Waals surface area contributed by atoms with Crippen molar-refractivity contribution in [2.24, 2.45) is 0 Å². The third-order valence-corrected chi connectivity index (χ3v) is 5.48. The number of rotatable bonds is 7. The van der Waals surface area contributed by atoms with Crippen LogP contribution < -0.4 is 20.1 Å². The monoisotopic (exact) mass is 433 g/mol. The number of carbonyl (C=O) groups excluding carboxylic acids is 1. The molecule has 0 aliphatic carbocycles. The van der Waals surface area contributed by atoms with Crippen LogP contribution in [0.2, 0.25) is 0 Å². The van der Waals surface area contributed by atoms with Crippen molar-refractivity contribution < 1.29 is 19.2 Å². The summed E-state index contributed by atoms with van der Waals surface area (Å²) < 4.78 is 11.4. The Hall–Kier alpha value is -4.07. The van der Waals surface area contributed by atoms with Crippen molar-refractivity contribution in [3.63, 3.8) is 0 Å². The minimum atomic E-state index is -0.437. The zero-order valence-electron chi connectivity index (χ0n) is 17.6. The van der Waals surface area contributed by atoms with Crippen LogP contribution in [0.5, 0.6) is 11.5 Å². The molecule has 0 bridgehead atoms. The predicted molar refractivity (Wildman–Crippen MR) is 121 cm³/mol. The number of nitrogens with two attached hydrogens (primary N) is 1. The molecule has 1 aliphatic rings. The van der Waals surface area contributed by atoms with Crippen LogP contribution in [0.3, 0.4) is 0 Å². The molecule has 164 valence electrons. The Morgan fingerprint density at radius 2 is 1.91 bits per heavy atom. The molecule has 0 spiro atoms. The summed E-state index contributed by atoms with van der Waals surface area (Å²) in [5, 5.41) is 11.0. The fourth-order valence-electron chi connectivity index (χ4n) is 3.85. The van der Waals surface area contributed by atoms with Gasteiger partial charge in [0.15, 0.2) is 11.5 Å². The molecule has 1 heterocycles. The van der Waals surface area contributed by atoms with E-state index in [2.05, 4.69) is 0 Å². The molecular formula is C24H23N3O5. The number of nitro benzene ring substituents is 1. The van der Waals surface area contributed by atoms with Crippen molar-refractivity contribution in [3.8, 4) is 11.5 Å². The molecule has 0 radical (unpaired) electrons. The van der Waals surface area contributed by atoms with E-state index in [0.717, 1.165) is 11.3 Å². The van der Waals surface area contributed by atoms with E-state index < -0.39 is 4.92 Å². The van der Waals surface area contributed by atoms with Gasteiger partial charge in [-0.25, -0.2) is 0 Å². The molecule has 8 heteroatoms. The van der Waals surface area contributed by atoms with Crippen LogP contribution in [0.1, 0.15) is 23.5 Å². The lowest BCUT2D eigenvalue weighted by Crippen LogP contribution is -2.24. The molecule has 0 saturated carbocycles. The highest BCUT2D eigenvalue weighted by molar-refractivity contribution is 5.96. The largest absolute Gasteiger partial charge is 0.493 e. The first-order chi connectivity index (χ1) is 15.4. The third-order valence-electron chi connectivity index (χ3n) is 5.48. The maximum absolute atomic E-state index is 12.6. The molecule has 3 aromatic rings. The second kappa shape index (κ2) is 8.97. The number of ether oxygens (including phenoxy) is 2. The van der Waals surface area contributed by atoms with Crippen LogP contribution in [0, 0.1) is 10.1 Å². The van der Waals surface area contributed by atoms with Gasteiger partial charge in [-0.15, -0.1) is 0 Å². The zero-order chi connectivity index (χ0) is 22.7. The number of non-ortho nitro benzene ring substituents is 1. The molecular weight excluding hydrogens is 410 g/mol. The average Bonchev–Trinajstić information content (AvgIpc) is 3.19. The van der Waals surface area contributed by atoms with Crippen molar-refractivity contribution in [3.05, 3.63) is 88.0 Å². The Kier molecular flexibility index (Phi) is 5.93. The van der Waals surface area contributed by atoms with E-state index in [1.165, 1.54) is 12.1 Å². The van der Waals surface area contributed by atoms with Gasteiger partial charge in [0.1, 0.15) is 6.61 Å². The van der Waals surface area contributed by atoms with E-state index in [1.54, 1.807) is 36.3 Å². The Morgan fingerprint density at radius 1 is 1.09 bits per heavy atom. The number of nitro groups is 1. The number of nitrogen functional groups attached to an aromatic ring is 1. The van der Waals surface area contributed by atoms with Crippen molar-refractivity contribution in [1.82, 2.24) is 0 Å². The Morgan fingerprint density at radius 3 is 2.66 bits per heavy atom. The molecule has 1 atom stereocenters. The number of anilines is 2. The van der Waals surface area contributed by atoms with E-state index in [4.69, 9.17) is 15.2 Å². The summed E-state index contributed by atoms with van der Waals surface area (Å²) in [5.74, 6) is 1.10. The second-order valence-electron chi connectivity index (χ2n) is 7.63. The van der Waals surface area contributed by atoms with E-state index in [1.807, 2.05) is 30.3 Å². The highest BCUT2D eigenvalue weighted by atomic mass is 16.6. The van der Waals surface area contributed by atoms with Crippen LogP contribution in [-0.2, 0) is 11.4 Å². The van der Waals surface area contributed by atoms with Gasteiger partial charge in [0, 0.05) is 42.4 Å². The molecule has 1 saturated heterocycles. The van der Waals surface area contributed by atoms with E-state index in [0.29, 0.717) is 35.7 Å². The molecule has 1 aliphatic heterocycles. The SMILES string of the molecule is COc1ccc([C@H]2CC(=O)N(c3cccc(N)c3)C2)cc1OCc1cccc([N+](=O)[O-])c1. The van der Waals surface area contributed by atoms with Crippen LogP contribution in [0.4, 0.5) is 17.1 Å². The second-order valence-corrected chi connectivity index (χ2v) is 7.63. The third kappa shape index (κ3) is 4.49. The summed E-state index contributed by atoms with van der Waals surface area (Å²) in [7, 11) is 1.55. The lowest BCUT2D eigenvalue weighted by atomic mass is 9.98. The first-order valence-corrected chi connectivity index (χ1v) is 10.1. The van der Waals surface area contributed by atoms with Gasteiger partial charge >= 0.3 is 0 Å². The van der Waals surface area contributed by atoms with Gasteiger partial charge in [-0.1, -0.05) is 24.3 Å². The molecule has 1 amide bonds. The number of amides is 1. The molecule has 32 heavy (non-hydrogen) atoms. The average molecular weight is 433 g/mol. The van der Waals surface area contributed by atoms with Gasteiger partial charge in [0.2, 0.25) is 5.91 Å². The number of methoxy groups -OCH3 is 1. The van der Waals surface area contributed by atoms with E-state index >= 15 is 0 Å². The first kappa shape index (κ1) is 21.2. The van der Waals surface area contributed by atoms with Gasteiger partial charge in [-0.2, -0.15) is 0 Å². The van der Waals surface area contributed by atoms with Gasteiger partial charge < -0.3 is 20.1 Å². The van der Waals surface area contributed by atoms with Crippen molar-refractivity contribution in [1.29, 1.82) is 0 Å². The minimum Gasteiger partial charge on any atom is -0.493 e. The van der Waals surface area contributed by atoms with E-state index in [9.17, 15) is 14.9 Å². The highest BCUT2D eigenvalue weighted by Gasteiger charge is 2.32. The molecule has 0 unspecified atom stereocenters. The van der Waals surface area contributed by atoms with Crippen LogP contribution >= 0.6 is 0 Å². The summed E-state index contributed by atoms with van der Waals surface area (Å²) in [6, 6.07) is 19.2. The smallest absolute Gasteiger partial charge is 0.269 e. The highest BCUT2D eigenvalue weighted by Crippen LogP contribution is 2.37. The quantitative estimate of drug-likeness (QED) is 0.338. The molecule has 1 fully saturated rings. The fourth-order valence-corrected chi connectivity index (χ4v) is 3.85.